The summed E-state index contributed by atoms with van der Waals surface area (Å²) in [6.45, 7) is 6.43. The molecule has 0 radical (unpaired) electrons. The normalized spacial score (nSPS) is 12.7. The van der Waals surface area contributed by atoms with Gasteiger partial charge in [-0.3, -0.25) is 0 Å². The molecule has 0 saturated carbocycles. The van der Waals surface area contributed by atoms with Crippen molar-refractivity contribution in [3.63, 3.8) is 0 Å². The molecule has 0 fully saturated rings. The molecule has 1 aromatic rings. The van der Waals surface area contributed by atoms with Gasteiger partial charge in [0, 0.05) is 4.47 Å². The van der Waals surface area contributed by atoms with Crippen molar-refractivity contribution >= 4 is 15.9 Å². The third-order valence-electron chi connectivity index (χ3n) is 2.82. The summed E-state index contributed by atoms with van der Waals surface area (Å²) in [7, 11) is 0. The maximum atomic E-state index is 13.6. The van der Waals surface area contributed by atoms with Crippen LogP contribution in [0.5, 0.6) is 0 Å². The summed E-state index contributed by atoms with van der Waals surface area (Å²) < 4.78 is 14.4. The van der Waals surface area contributed by atoms with E-state index in [2.05, 4.69) is 35.1 Å². The van der Waals surface area contributed by atoms with E-state index < -0.39 is 0 Å². The molecule has 0 aliphatic heterocycles. The van der Waals surface area contributed by atoms with Gasteiger partial charge in [-0.25, -0.2) is 4.39 Å². The van der Waals surface area contributed by atoms with Crippen LogP contribution in [-0.2, 0) is 6.42 Å². The van der Waals surface area contributed by atoms with E-state index in [4.69, 9.17) is 0 Å². The van der Waals surface area contributed by atoms with E-state index in [0.717, 1.165) is 42.4 Å². The van der Waals surface area contributed by atoms with Gasteiger partial charge in [0.15, 0.2) is 0 Å². The van der Waals surface area contributed by atoms with E-state index in [1.807, 2.05) is 12.1 Å². The Bertz CT molecular complexity index is 341. The third-order valence-corrected chi connectivity index (χ3v) is 3.32. The lowest BCUT2D eigenvalue weighted by Gasteiger charge is -2.12. The molecule has 0 saturated heterocycles. The van der Waals surface area contributed by atoms with Crippen LogP contribution in [0, 0.1) is 11.7 Å². The topological polar surface area (TPSA) is 12.0 Å². The van der Waals surface area contributed by atoms with Gasteiger partial charge < -0.3 is 5.32 Å². The second-order valence-electron chi connectivity index (χ2n) is 4.58. The van der Waals surface area contributed by atoms with Crippen molar-refractivity contribution in [2.24, 2.45) is 5.92 Å². The Morgan fingerprint density at radius 3 is 2.76 bits per heavy atom. The molecule has 0 aliphatic rings. The highest BCUT2D eigenvalue weighted by molar-refractivity contribution is 9.10. The van der Waals surface area contributed by atoms with E-state index in [1.54, 1.807) is 0 Å². The number of hydrogen-bond donors (Lipinski definition) is 1. The molecule has 0 aromatic heterocycles. The molecule has 17 heavy (non-hydrogen) atoms. The zero-order valence-electron chi connectivity index (χ0n) is 10.6. The quantitative estimate of drug-likeness (QED) is 0.746. The monoisotopic (exact) mass is 301 g/mol. The van der Waals surface area contributed by atoms with Crippen LogP contribution in [0.3, 0.4) is 0 Å². The van der Waals surface area contributed by atoms with Crippen LogP contribution in [0.4, 0.5) is 4.39 Å². The van der Waals surface area contributed by atoms with Gasteiger partial charge in [0.2, 0.25) is 0 Å². The van der Waals surface area contributed by atoms with Gasteiger partial charge in [-0.2, -0.15) is 0 Å². The highest BCUT2D eigenvalue weighted by atomic mass is 79.9. The largest absolute Gasteiger partial charge is 0.317 e. The van der Waals surface area contributed by atoms with Crippen LogP contribution in [0.25, 0.3) is 0 Å². The van der Waals surface area contributed by atoms with Crippen molar-refractivity contribution in [3.8, 4) is 0 Å². The van der Waals surface area contributed by atoms with Crippen LogP contribution >= 0.6 is 15.9 Å². The molecule has 0 amide bonds. The lowest BCUT2D eigenvalue weighted by atomic mass is 9.98. The Morgan fingerprint density at radius 1 is 1.35 bits per heavy atom. The predicted octanol–water partition coefficient (Wildman–Crippen LogP) is 4.16. The zero-order chi connectivity index (χ0) is 12.7. The van der Waals surface area contributed by atoms with Crippen molar-refractivity contribution in [2.75, 3.05) is 13.1 Å². The second kappa shape index (κ2) is 7.83. The minimum atomic E-state index is -0.104. The van der Waals surface area contributed by atoms with E-state index in [-0.39, 0.29) is 5.82 Å². The molecule has 1 aromatic carbocycles. The van der Waals surface area contributed by atoms with Gasteiger partial charge in [-0.1, -0.05) is 35.8 Å². The van der Waals surface area contributed by atoms with E-state index >= 15 is 0 Å². The molecule has 1 nitrogen and oxygen atoms in total. The third kappa shape index (κ3) is 5.64. The van der Waals surface area contributed by atoms with Gasteiger partial charge in [-0.05, 0) is 56.0 Å². The summed E-state index contributed by atoms with van der Waals surface area (Å²) >= 11 is 3.27. The first kappa shape index (κ1) is 14.7. The lowest BCUT2D eigenvalue weighted by Crippen LogP contribution is -2.18. The smallest absolute Gasteiger partial charge is 0.127 e. The van der Waals surface area contributed by atoms with Crippen molar-refractivity contribution in [1.29, 1.82) is 0 Å². The second-order valence-corrected chi connectivity index (χ2v) is 5.50. The molecular formula is C14H21BrFN. The molecule has 96 valence electrons. The molecule has 0 spiro atoms. The van der Waals surface area contributed by atoms with Crippen LogP contribution in [0.2, 0.25) is 0 Å². The van der Waals surface area contributed by atoms with Crippen LogP contribution in [0.15, 0.2) is 22.7 Å². The van der Waals surface area contributed by atoms with Gasteiger partial charge in [0.05, 0.1) is 0 Å². The molecule has 3 heteroatoms. The number of hydrogen-bond acceptors (Lipinski definition) is 1. The van der Waals surface area contributed by atoms with Gasteiger partial charge in [-0.15, -0.1) is 0 Å². The van der Waals surface area contributed by atoms with Crippen molar-refractivity contribution < 1.29 is 4.39 Å². The summed E-state index contributed by atoms with van der Waals surface area (Å²) in [6, 6.07) is 5.31. The minimum absolute atomic E-state index is 0.104. The van der Waals surface area contributed by atoms with Gasteiger partial charge in [0.25, 0.3) is 0 Å². The molecular weight excluding hydrogens is 281 g/mol. The van der Waals surface area contributed by atoms with Crippen LogP contribution in [-0.4, -0.2) is 13.1 Å². The first-order chi connectivity index (χ1) is 8.13. The fourth-order valence-electron chi connectivity index (χ4n) is 1.81. The van der Waals surface area contributed by atoms with E-state index in [9.17, 15) is 4.39 Å². The molecule has 0 bridgehead atoms. The fourth-order valence-corrected chi connectivity index (χ4v) is 2.15. The first-order valence-electron chi connectivity index (χ1n) is 6.28. The molecule has 0 heterocycles. The Morgan fingerprint density at radius 2 is 2.12 bits per heavy atom. The molecule has 1 atom stereocenters. The molecule has 0 aliphatic carbocycles. The Kier molecular flexibility index (Phi) is 6.75. The molecule has 1 rings (SSSR count). The van der Waals surface area contributed by atoms with E-state index in [0.29, 0.717) is 5.92 Å². The van der Waals surface area contributed by atoms with Crippen molar-refractivity contribution in [2.45, 2.75) is 33.1 Å². The van der Waals surface area contributed by atoms with E-state index in [1.165, 1.54) is 6.07 Å². The average molecular weight is 302 g/mol. The van der Waals surface area contributed by atoms with Gasteiger partial charge >= 0.3 is 0 Å². The Hall–Kier alpha value is -0.410. The van der Waals surface area contributed by atoms with Crippen molar-refractivity contribution in [1.82, 2.24) is 5.32 Å². The minimum Gasteiger partial charge on any atom is -0.317 e. The van der Waals surface area contributed by atoms with Crippen molar-refractivity contribution in [3.05, 3.63) is 34.1 Å². The number of rotatable bonds is 7. The molecule has 1 N–H and O–H groups in total. The Balaban J connectivity index is 2.37. The summed E-state index contributed by atoms with van der Waals surface area (Å²) in [5.74, 6) is 0.405. The average Bonchev–Trinajstić information content (AvgIpc) is 2.28. The first-order valence-corrected chi connectivity index (χ1v) is 7.07. The van der Waals surface area contributed by atoms with Gasteiger partial charge in [0.1, 0.15) is 5.82 Å². The predicted molar refractivity (Wildman–Crippen MR) is 74.7 cm³/mol. The Labute approximate surface area is 112 Å². The number of halogens is 2. The molecule has 1 unspecified atom stereocenters. The SMILES string of the molecule is CCCNCCC(C)Cc1ccc(Br)cc1F. The highest BCUT2D eigenvalue weighted by Crippen LogP contribution is 2.19. The highest BCUT2D eigenvalue weighted by Gasteiger charge is 2.08. The zero-order valence-corrected chi connectivity index (χ0v) is 12.2. The standard InChI is InChI=1S/C14H21BrFN/c1-3-7-17-8-6-11(2)9-12-4-5-13(15)10-14(12)16/h4-5,10-11,17H,3,6-9H2,1-2H3. The maximum absolute atomic E-state index is 13.6. The summed E-state index contributed by atoms with van der Waals surface area (Å²) in [6.07, 6.45) is 3.07. The maximum Gasteiger partial charge on any atom is 0.127 e. The van der Waals surface area contributed by atoms with Crippen LogP contribution in [0.1, 0.15) is 32.3 Å². The summed E-state index contributed by atoms with van der Waals surface area (Å²) in [4.78, 5) is 0. The number of nitrogens with one attached hydrogen (secondary N) is 1. The lowest BCUT2D eigenvalue weighted by molar-refractivity contribution is 0.486. The van der Waals surface area contributed by atoms with Crippen LogP contribution < -0.4 is 5.32 Å². The fraction of sp³-hybridized carbons (Fsp3) is 0.571. The number of benzene rings is 1. The summed E-state index contributed by atoms with van der Waals surface area (Å²) in [5, 5.41) is 3.37. The summed E-state index contributed by atoms with van der Waals surface area (Å²) in [5.41, 5.74) is 0.816.